The molecule has 0 spiro atoms. The highest BCUT2D eigenvalue weighted by atomic mass is 14.8. The summed E-state index contributed by atoms with van der Waals surface area (Å²) in [4.78, 5) is 0. The van der Waals surface area contributed by atoms with Gasteiger partial charge in [0.1, 0.15) is 0 Å². The third-order valence-corrected chi connectivity index (χ3v) is 6.07. The largest absolute Gasteiger partial charge is 0.313 e. The highest BCUT2D eigenvalue weighted by Crippen LogP contribution is 2.31. The van der Waals surface area contributed by atoms with E-state index in [1.807, 2.05) is 6.07 Å². The normalized spacial score (nSPS) is 14.8. The molecule has 0 atom stereocenters. The zero-order valence-electron chi connectivity index (χ0n) is 16.5. The fraction of sp³-hybridized carbons (Fsp3) is 0.346. The zero-order chi connectivity index (χ0) is 19.2. The Morgan fingerprint density at radius 1 is 0.893 bits per heavy atom. The quantitative estimate of drug-likeness (QED) is 0.508. The second kappa shape index (κ2) is 9.04. The SMILES string of the molecule is N#Cc1ccc(CNCCC2CCCCC2)cc1-c1cccc2ccccc12. The maximum absolute atomic E-state index is 9.64. The Labute approximate surface area is 168 Å². The van der Waals surface area contributed by atoms with Gasteiger partial charge in [-0.25, -0.2) is 0 Å². The lowest BCUT2D eigenvalue weighted by molar-refractivity contribution is 0.334. The van der Waals surface area contributed by atoms with Gasteiger partial charge >= 0.3 is 0 Å². The predicted molar refractivity (Wildman–Crippen MR) is 117 cm³/mol. The summed E-state index contributed by atoms with van der Waals surface area (Å²) in [5.74, 6) is 0.911. The van der Waals surface area contributed by atoms with Crippen molar-refractivity contribution in [1.29, 1.82) is 5.26 Å². The van der Waals surface area contributed by atoms with Crippen LogP contribution in [-0.4, -0.2) is 6.54 Å². The lowest BCUT2D eigenvalue weighted by Crippen LogP contribution is -2.19. The fourth-order valence-corrected chi connectivity index (χ4v) is 4.50. The maximum atomic E-state index is 9.64. The van der Waals surface area contributed by atoms with Crippen LogP contribution in [0.25, 0.3) is 21.9 Å². The molecule has 1 saturated carbocycles. The molecule has 1 fully saturated rings. The monoisotopic (exact) mass is 368 g/mol. The molecule has 0 aromatic heterocycles. The number of hydrogen-bond acceptors (Lipinski definition) is 2. The molecule has 0 heterocycles. The standard InChI is InChI=1S/C26H28N2/c27-18-23-14-13-21(19-28-16-15-20-7-2-1-3-8-20)17-26(23)25-12-6-10-22-9-4-5-11-24(22)25/h4-6,9-14,17,20,28H,1-3,7-8,15-16,19H2. The summed E-state index contributed by atoms with van der Waals surface area (Å²) in [5.41, 5.74) is 4.15. The van der Waals surface area contributed by atoms with Crippen LogP contribution in [0, 0.1) is 17.2 Å². The van der Waals surface area contributed by atoms with Crippen molar-refractivity contribution in [1.82, 2.24) is 5.32 Å². The molecule has 28 heavy (non-hydrogen) atoms. The van der Waals surface area contributed by atoms with Crippen LogP contribution >= 0.6 is 0 Å². The minimum Gasteiger partial charge on any atom is -0.313 e. The lowest BCUT2D eigenvalue weighted by Gasteiger charge is -2.21. The van der Waals surface area contributed by atoms with Crippen LogP contribution in [0.5, 0.6) is 0 Å². The Hall–Kier alpha value is -2.63. The van der Waals surface area contributed by atoms with Gasteiger partial charge in [0.25, 0.3) is 0 Å². The number of nitrogens with zero attached hydrogens (tertiary/aromatic N) is 1. The van der Waals surface area contributed by atoms with Gasteiger partial charge in [-0.05, 0) is 52.9 Å². The summed E-state index contributed by atoms with van der Waals surface area (Å²) >= 11 is 0. The van der Waals surface area contributed by atoms with Gasteiger partial charge in [-0.2, -0.15) is 5.26 Å². The molecule has 1 aliphatic rings. The Bertz CT molecular complexity index is 972. The molecular formula is C26H28N2. The lowest BCUT2D eigenvalue weighted by atomic mass is 9.87. The number of fused-ring (bicyclic) bond motifs is 1. The first-order valence-electron chi connectivity index (χ1n) is 10.6. The van der Waals surface area contributed by atoms with Crippen LogP contribution in [0.3, 0.4) is 0 Å². The molecule has 1 N–H and O–H groups in total. The Morgan fingerprint density at radius 2 is 1.71 bits per heavy atom. The average molecular weight is 369 g/mol. The minimum absolute atomic E-state index is 0.738. The van der Waals surface area contributed by atoms with Gasteiger partial charge in [-0.1, -0.05) is 80.6 Å². The molecule has 1 aliphatic carbocycles. The van der Waals surface area contributed by atoms with E-state index in [1.165, 1.54) is 54.9 Å². The number of nitriles is 1. The van der Waals surface area contributed by atoms with Gasteiger partial charge in [0.05, 0.1) is 11.6 Å². The second-order valence-corrected chi connectivity index (χ2v) is 7.99. The highest BCUT2D eigenvalue weighted by molar-refractivity contribution is 5.97. The van der Waals surface area contributed by atoms with Crippen LogP contribution in [0.15, 0.2) is 60.7 Å². The summed E-state index contributed by atoms with van der Waals surface area (Å²) in [6.07, 6.45) is 8.34. The maximum Gasteiger partial charge on any atom is 0.0998 e. The summed E-state index contributed by atoms with van der Waals surface area (Å²) in [6, 6.07) is 23.3. The van der Waals surface area contributed by atoms with Crippen molar-refractivity contribution in [3.05, 3.63) is 71.8 Å². The third-order valence-electron chi connectivity index (χ3n) is 6.07. The van der Waals surface area contributed by atoms with E-state index < -0.39 is 0 Å². The van der Waals surface area contributed by atoms with E-state index >= 15 is 0 Å². The summed E-state index contributed by atoms with van der Waals surface area (Å²) < 4.78 is 0. The van der Waals surface area contributed by atoms with Crippen LogP contribution in [0.2, 0.25) is 0 Å². The Kier molecular flexibility index (Phi) is 6.04. The molecular weight excluding hydrogens is 340 g/mol. The molecule has 142 valence electrons. The Morgan fingerprint density at radius 3 is 2.57 bits per heavy atom. The molecule has 2 heteroatoms. The van der Waals surface area contributed by atoms with Crippen molar-refractivity contribution in [2.45, 2.75) is 45.1 Å². The van der Waals surface area contributed by atoms with Crippen LogP contribution < -0.4 is 5.32 Å². The van der Waals surface area contributed by atoms with Crippen molar-refractivity contribution in [3.8, 4) is 17.2 Å². The number of nitrogens with one attached hydrogen (secondary N) is 1. The van der Waals surface area contributed by atoms with Gasteiger partial charge in [0.2, 0.25) is 0 Å². The van der Waals surface area contributed by atoms with Crippen molar-refractivity contribution in [3.63, 3.8) is 0 Å². The first kappa shape index (κ1) is 18.7. The first-order valence-corrected chi connectivity index (χ1v) is 10.6. The molecule has 0 aliphatic heterocycles. The van der Waals surface area contributed by atoms with Crippen LogP contribution in [0.1, 0.15) is 49.7 Å². The summed E-state index contributed by atoms with van der Waals surface area (Å²) in [5, 5.41) is 15.7. The van der Waals surface area contributed by atoms with E-state index in [-0.39, 0.29) is 0 Å². The zero-order valence-corrected chi connectivity index (χ0v) is 16.5. The second-order valence-electron chi connectivity index (χ2n) is 7.99. The van der Waals surface area contributed by atoms with Crippen molar-refractivity contribution in [2.75, 3.05) is 6.54 Å². The number of hydrogen-bond donors (Lipinski definition) is 1. The van der Waals surface area contributed by atoms with E-state index in [0.29, 0.717) is 0 Å². The van der Waals surface area contributed by atoms with Gasteiger partial charge in [0, 0.05) is 12.1 Å². The van der Waals surface area contributed by atoms with E-state index in [9.17, 15) is 5.26 Å². The van der Waals surface area contributed by atoms with Gasteiger partial charge in [-0.15, -0.1) is 0 Å². The highest BCUT2D eigenvalue weighted by Gasteiger charge is 2.13. The van der Waals surface area contributed by atoms with Crippen molar-refractivity contribution < 1.29 is 0 Å². The molecule has 3 aromatic carbocycles. The number of rotatable bonds is 6. The molecule has 0 amide bonds. The molecule has 0 radical (unpaired) electrons. The van der Waals surface area contributed by atoms with E-state index in [4.69, 9.17) is 0 Å². The van der Waals surface area contributed by atoms with E-state index in [0.717, 1.165) is 35.7 Å². The number of benzene rings is 3. The molecule has 2 nitrogen and oxygen atoms in total. The molecule has 0 bridgehead atoms. The topological polar surface area (TPSA) is 35.8 Å². The minimum atomic E-state index is 0.738. The summed E-state index contributed by atoms with van der Waals surface area (Å²) in [6.45, 7) is 1.93. The van der Waals surface area contributed by atoms with Gasteiger partial charge < -0.3 is 5.32 Å². The Balaban J connectivity index is 1.51. The van der Waals surface area contributed by atoms with E-state index in [2.05, 4.69) is 66.0 Å². The summed E-state index contributed by atoms with van der Waals surface area (Å²) in [7, 11) is 0. The fourth-order valence-electron chi connectivity index (χ4n) is 4.50. The van der Waals surface area contributed by atoms with Crippen LogP contribution in [0.4, 0.5) is 0 Å². The van der Waals surface area contributed by atoms with Gasteiger partial charge in [0.15, 0.2) is 0 Å². The van der Waals surface area contributed by atoms with Crippen LogP contribution in [-0.2, 0) is 6.54 Å². The average Bonchev–Trinajstić information content (AvgIpc) is 2.77. The van der Waals surface area contributed by atoms with Gasteiger partial charge in [-0.3, -0.25) is 0 Å². The molecule has 0 unspecified atom stereocenters. The van der Waals surface area contributed by atoms with E-state index in [1.54, 1.807) is 0 Å². The molecule has 3 aromatic rings. The third kappa shape index (κ3) is 4.26. The van der Waals surface area contributed by atoms with Crippen molar-refractivity contribution in [2.24, 2.45) is 5.92 Å². The smallest absolute Gasteiger partial charge is 0.0998 e. The van der Waals surface area contributed by atoms with Crippen molar-refractivity contribution >= 4 is 10.8 Å². The first-order chi connectivity index (χ1) is 13.8. The molecule has 4 rings (SSSR count). The molecule has 0 saturated heterocycles. The predicted octanol–water partition coefficient (Wildman–Crippen LogP) is 6.44.